The van der Waals surface area contributed by atoms with Crippen LogP contribution in [0.2, 0.25) is 0 Å². The number of nitrogens with zero attached hydrogens (tertiary/aromatic N) is 3. The molecular formula is C12H18N4S. The van der Waals surface area contributed by atoms with Crippen molar-refractivity contribution in [3.05, 3.63) is 29.0 Å². The molecule has 17 heavy (non-hydrogen) atoms. The summed E-state index contributed by atoms with van der Waals surface area (Å²) in [7, 11) is 0. The molecule has 0 radical (unpaired) electrons. The van der Waals surface area contributed by atoms with Crippen molar-refractivity contribution in [2.75, 3.05) is 11.9 Å². The summed E-state index contributed by atoms with van der Waals surface area (Å²) in [5.74, 6) is 0.966. The van der Waals surface area contributed by atoms with Crippen molar-refractivity contribution in [3.8, 4) is 0 Å². The van der Waals surface area contributed by atoms with Gasteiger partial charge in [0, 0.05) is 37.3 Å². The molecular weight excluding hydrogens is 232 g/mol. The van der Waals surface area contributed by atoms with Gasteiger partial charge in [-0.3, -0.25) is 0 Å². The molecule has 0 atom stereocenters. The average Bonchev–Trinajstić information content (AvgIpc) is 2.97. The molecule has 0 aliphatic rings. The zero-order valence-electron chi connectivity index (χ0n) is 10.1. The molecule has 5 heteroatoms. The third-order valence-corrected chi connectivity index (χ3v) is 3.26. The van der Waals surface area contributed by atoms with Crippen molar-refractivity contribution in [1.29, 1.82) is 0 Å². The van der Waals surface area contributed by atoms with Crippen LogP contribution in [0.4, 0.5) is 5.95 Å². The van der Waals surface area contributed by atoms with Gasteiger partial charge in [-0.2, -0.15) is 0 Å². The Kier molecular flexibility index (Phi) is 4.55. The van der Waals surface area contributed by atoms with Crippen LogP contribution in [0, 0.1) is 0 Å². The van der Waals surface area contributed by atoms with E-state index in [2.05, 4.69) is 32.2 Å². The van der Waals surface area contributed by atoms with E-state index < -0.39 is 0 Å². The second-order valence-electron chi connectivity index (χ2n) is 3.95. The zero-order chi connectivity index (χ0) is 11.9. The first-order valence-corrected chi connectivity index (χ1v) is 6.96. The Morgan fingerprint density at radius 2 is 2.35 bits per heavy atom. The third kappa shape index (κ3) is 3.56. The first-order chi connectivity index (χ1) is 8.40. The van der Waals surface area contributed by atoms with Crippen molar-refractivity contribution in [2.45, 2.75) is 32.7 Å². The lowest BCUT2D eigenvalue weighted by molar-refractivity contribution is 0.687. The first kappa shape index (κ1) is 12.1. The molecule has 0 saturated carbocycles. The average molecular weight is 250 g/mol. The van der Waals surface area contributed by atoms with Crippen LogP contribution in [0.3, 0.4) is 0 Å². The first-order valence-electron chi connectivity index (χ1n) is 6.02. The van der Waals surface area contributed by atoms with Crippen LogP contribution in [-0.4, -0.2) is 21.1 Å². The molecule has 0 bridgehead atoms. The van der Waals surface area contributed by atoms with Crippen LogP contribution in [-0.2, 0) is 13.0 Å². The summed E-state index contributed by atoms with van der Waals surface area (Å²) in [6.45, 7) is 4.11. The summed E-state index contributed by atoms with van der Waals surface area (Å²) < 4.78 is 2.15. The van der Waals surface area contributed by atoms with Crippen LogP contribution in [0.1, 0.15) is 25.5 Å². The highest BCUT2D eigenvalue weighted by atomic mass is 32.1. The Hall–Kier alpha value is -1.36. The van der Waals surface area contributed by atoms with Crippen LogP contribution in [0.25, 0.3) is 0 Å². The van der Waals surface area contributed by atoms with E-state index in [4.69, 9.17) is 0 Å². The lowest BCUT2D eigenvalue weighted by Crippen LogP contribution is -2.09. The van der Waals surface area contributed by atoms with Gasteiger partial charge >= 0.3 is 0 Å². The molecule has 92 valence electrons. The number of aromatic nitrogens is 3. The van der Waals surface area contributed by atoms with E-state index in [1.54, 1.807) is 11.3 Å². The molecule has 0 aromatic carbocycles. The number of hydrogen-bond donors (Lipinski definition) is 1. The van der Waals surface area contributed by atoms with Gasteiger partial charge in [0.1, 0.15) is 0 Å². The molecule has 2 heterocycles. The summed E-state index contributed by atoms with van der Waals surface area (Å²) in [5.41, 5.74) is 3.03. The van der Waals surface area contributed by atoms with Crippen molar-refractivity contribution >= 4 is 17.3 Å². The molecule has 2 aromatic rings. The highest BCUT2D eigenvalue weighted by Gasteiger charge is 2.02. The number of nitrogens with one attached hydrogen (secondary N) is 1. The normalized spacial score (nSPS) is 10.6. The smallest absolute Gasteiger partial charge is 0.202 e. The third-order valence-electron chi connectivity index (χ3n) is 2.62. The van der Waals surface area contributed by atoms with Gasteiger partial charge in [-0.25, -0.2) is 9.97 Å². The minimum absolute atomic E-state index is 0.929. The zero-order valence-corrected chi connectivity index (χ0v) is 10.9. The Labute approximate surface area is 106 Å². The van der Waals surface area contributed by atoms with Crippen LogP contribution >= 0.6 is 11.3 Å². The highest BCUT2D eigenvalue weighted by molar-refractivity contribution is 7.07. The number of thiazole rings is 1. The van der Waals surface area contributed by atoms with Gasteiger partial charge < -0.3 is 9.88 Å². The molecule has 1 N–H and O–H groups in total. The Bertz CT molecular complexity index is 421. The van der Waals surface area contributed by atoms with E-state index in [0.717, 1.165) is 31.2 Å². The van der Waals surface area contributed by atoms with Gasteiger partial charge in [0.25, 0.3) is 0 Å². The fourth-order valence-electron chi connectivity index (χ4n) is 1.63. The van der Waals surface area contributed by atoms with Gasteiger partial charge in [-0.05, 0) is 6.42 Å². The van der Waals surface area contributed by atoms with E-state index in [1.165, 1.54) is 12.8 Å². The topological polar surface area (TPSA) is 42.7 Å². The number of hydrogen-bond acceptors (Lipinski definition) is 4. The number of rotatable bonds is 7. The number of imidazole rings is 1. The van der Waals surface area contributed by atoms with E-state index in [9.17, 15) is 0 Å². The number of anilines is 1. The largest absolute Gasteiger partial charge is 0.356 e. The Morgan fingerprint density at radius 1 is 1.41 bits per heavy atom. The maximum atomic E-state index is 4.32. The Balaban J connectivity index is 1.85. The summed E-state index contributed by atoms with van der Waals surface area (Å²) in [4.78, 5) is 8.61. The van der Waals surface area contributed by atoms with Gasteiger partial charge in [0.2, 0.25) is 5.95 Å². The molecule has 0 aliphatic carbocycles. The van der Waals surface area contributed by atoms with E-state index in [0.29, 0.717) is 0 Å². The van der Waals surface area contributed by atoms with Crippen molar-refractivity contribution in [3.63, 3.8) is 0 Å². The number of unbranched alkanes of at least 4 members (excludes halogenated alkanes) is 1. The summed E-state index contributed by atoms with van der Waals surface area (Å²) in [6, 6.07) is 0. The lowest BCUT2D eigenvalue weighted by Gasteiger charge is -2.08. The molecule has 0 spiro atoms. The quantitative estimate of drug-likeness (QED) is 0.768. The van der Waals surface area contributed by atoms with Crippen molar-refractivity contribution in [2.24, 2.45) is 0 Å². The SMILES string of the molecule is CCCCNc1nccn1CCc1cscn1. The predicted molar refractivity (Wildman–Crippen MR) is 71.4 cm³/mol. The van der Waals surface area contributed by atoms with E-state index in [-0.39, 0.29) is 0 Å². The molecule has 0 aliphatic heterocycles. The van der Waals surface area contributed by atoms with E-state index in [1.807, 2.05) is 17.9 Å². The van der Waals surface area contributed by atoms with Crippen LogP contribution < -0.4 is 5.32 Å². The summed E-state index contributed by atoms with van der Waals surface area (Å²) >= 11 is 1.65. The number of aryl methyl sites for hydroxylation is 2. The monoisotopic (exact) mass is 250 g/mol. The fraction of sp³-hybridized carbons (Fsp3) is 0.500. The standard InChI is InChI=1S/C12H18N4S/c1-2-3-5-13-12-14-6-8-16(12)7-4-11-9-17-10-15-11/h6,8-10H,2-5,7H2,1H3,(H,13,14). The minimum atomic E-state index is 0.929. The molecule has 0 fully saturated rings. The Morgan fingerprint density at radius 3 is 3.12 bits per heavy atom. The van der Waals surface area contributed by atoms with Crippen molar-refractivity contribution in [1.82, 2.24) is 14.5 Å². The van der Waals surface area contributed by atoms with Crippen LogP contribution in [0.5, 0.6) is 0 Å². The maximum absolute atomic E-state index is 4.32. The minimum Gasteiger partial charge on any atom is -0.356 e. The second-order valence-corrected chi connectivity index (χ2v) is 4.67. The highest BCUT2D eigenvalue weighted by Crippen LogP contribution is 2.08. The maximum Gasteiger partial charge on any atom is 0.202 e. The van der Waals surface area contributed by atoms with Crippen LogP contribution in [0.15, 0.2) is 23.3 Å². The van der Waals surface area contributed by atoms with Gasteiger partial charge in [0.05, 0.1) is 11.2 Å². The van der Waals surface area contributed by atoms with Gasteiger partial charge in [-0.15, -0.1) is 11.3 Å². The molecule has 0 unspecified atom stereocenters. The second kappa shape index (κ2) is 6.39. The fourth-order valence-corrected chi connectivity index (χ4v) is 2.22. The summed E-state index contributed by atoms with van der Waals surface area (Å²) in [6.07, 6.45) is 7.20. The summed E-state index contributed by atoms with van der Waals surface area (Å²) in [5, 5.41) is 5.46. The van der Waals surface area contributed by atoms with Gasteiger partial charge in [-0.1, -0.05) is 13.3 Å². The predicted octanol–water partition coefficient (Wildman–Crippen LogP) is 2.79. The molecule has 0 amide bonds. The molecule has 0 saturated heterocycles. The molecule has 4 nitrogen and oxygen atoms in total. The lowest BCUT2D eigenvalue weighted by atomic mass is 10.3. The van der Waals surface area contributed by atoms with Gasteiger partial charge in [0.15, 0.2) is 0 Å². The molecule has 2 aromatic heterocycles. The van der Waals surface area contributed by atoms with Crippen molar-refractivity contribution < 1.29 is 0 Å². The van der Waals surface area contributed by atoms with E-state index >= 15 is 0 Å². The molecule has 2 rings (SSSR count).